The molecule has 1 aromatic carbocycles. The summed E-state index contributed by atoms with van der Waals surface area (Å²) in [6, 6.07) is 2.47. The molecule has 76 valence electrons. The smallest absolute Gasteiger partial charge is 0.202 e. The summed E-state index contributed by atoms with van der Waals surface area (Å²) in [6.45, 7) is 0.0709. The minimum atomic E-state index is -1.11. The fraction of sp³-hybridized carbons (Fsp3) is 0.111. The molecule has 0 aromatic heterocycles. The Bertz CT molecular complexity index is 353. The molecule has 14 heavy (non-hydrogen) atoms. The first kappa shape index (κ1) is 11.3. The molecule has 0 fully saturated rings. The Labute approximate surface area is 89.9 Å². The Balaban J connectivity index is 2.83. The molecule has 0 radical (unpaired) electrons. The maximum atomic E-state index is 13.0. The normalized spacial score (nSPS) is 10.9. The molecule has 5 heteroatoms. The Hall–Kier alpha value is -0.800. The molecule has 0 aliphatic heterocycles. The summed E-state index contributed by atoms with van der Waals surface area (Å²) >= 11 is 10.6. The van der Waals surface area contributed by atoms with E-state index in [9.17, 15) is 8.78 Å². The topological polar surface area (TPSA) is 9.23 Å². The highest BCUT2D eigenvalue weighted by molar-refractivity contribution is 6.30. The van der Waals surface area contributed by atoms with Crippen LogP contribution in [0.4, 0.5) is 8.78 Å². The summed E-state index contributed by atoms with van der Waals surface area (Å²) in [4.78, 5) is 0. The molecule has 0 aliphatic carbocycles. The largest absolute Gasteiger partial charge is 0.486 e. The third-order valence-corrected chi connectivity index (χ3v) is 1.89. The molecule has 0 bridgehead atoms. The van der Waals surface area contributed by atoms with E-state index in [0.29, 0.717) is 0 Å². The van der Waals surface area contributed by atoms with Gasteiger partial charge in [0.05, 0.1) is 5.02 Å². The third-order valence-electron chi connectivity index (χ3n) is 1.42. The standard InChI is InChI=1S/C9H6Cl2F2O/c10-4-1-5-14-7-3-2-6(11)8(12)9(7)13/h1-4H,5H2/b4-1+. The van der Waals surface area contributed by atoms with Gasteiger partial charge in [0.2, 0.25) is 5.82 Å². The van der Waals surface area contributed by atoms with Gasteiger partial charge in [-0.05, 0) is 18.2 Å². The Morgan fingerprint density at radius 2 is 2.00 bits per heavy atom. The average Bonchev–Trinajstić information content (AvgIpc) is 2.18. The molecule has 0 spiro atoms. The van der Waals surface area contributed by atoms with E-state index in [4.69, 9.17) is 27.9 Å². The second kappa shape index (κ2) is 5.17. The first-order valence-corrected chi connectivity index (χ1v) is 4.49. The zero-order valence-corrected chi connectivity index (χ0v) is 8.45. The van der Waals surface area contributed by atoms with Gasteiger partial charge in [-0.1, -0.05) is 23.2 Å². The van der Waals surface area contributed by atoms with Gasteiger partial charge in [-0.15, -0.1) is 0 Å². The van der Waals surface area contributed by atoms with Crippen molar-refractivity contribution in [2.75, 3.05) is 6.61 Å². The highest BCUT2D eigenvalue weighted by Crippen LogP contribution is 2.25. The van der Waals surface area contributed by atoms with Crippen LogP contribution >= 0.6 is 23.2 Å². The van der Waals surface area contributed by atoms with Gasteiger partial charge in [0.1, 0.15) is 6.61 Å². The molecule has 1 nitrogen and oxygen atoms in total. The van der Waals surface area contributed by atoms with E-state index in [1.807, 2.05) is 0 Å². The molecule has 0 heterocycles. The van der Waals surface area contributed by atoms with Gasteiger partial charge in [-0.3, -0.25) is 0 Å². The zero-order chi connectivity index (χ0) is 10.6. The maximum absolute atomic E-state index is 13.0. The predicted molar refractivity (Wildman–Crippen MR) is 51.9 cm³/mol. The third kappa shape index (κ3) is 2.59. The Morgan fingerprint density at radius 3 is 2.64 bits per heavy atom. The van der Waals surface area contributed by atoms with Crippen molar-refractivity contribution in [2.45, 2.75) is 0 Å². The van der Waals surface area contributed by atoms with Crippen LogP contribution in [0.3, 0.4) is 0 Å². The van der Waals surface area contributed by atoms with Gasteiger partial charge in [0.25, 0.3) is 0 Å². The SMILES string of the molecule is Fc1c(Cl)ccc(OC/C=C/Cl)c1F. The Morgan fingerprint density at radius 1 is 1.29 bits per heavy atom. The van der Waals surface area contributed by atoms with Crippen molar-refractivity contribution in [1.82, 2.24) is 0 Å². The predicted octanol–water partition coefficient (Wildman–Crippen LogP) is 3.75. The lowest BCUT2D eigenvalue weighted by Gasteiger charge is -2.05. The first-order chi connectivity index (χ1) is 6.66. The first-order valence-electron chi connectivity index (χ1n) is 3.68. The van der Waals surface area contributed by atoms with Gasteiger partial charge in [0.15, 0.2) is 11.6 Å². The van der Waals surface area contributed by atoms with Crippen LogP contribution < -0.4 is 4.74 Å². The molecular formula is C9H6Cl2F2O. The number of halogens is 4. The van der Waals surface area contributed by atoms with Gasteiger partial charge in [0, 0.05) is 5.54 Å². The molecule has 0 unspecified atom stereocenters. The summed E-state index contributed by atoms with van der Waals surface area (Å²) in [6.07, 6.45) is 1.45. The summed E-state index contributed by atoms with van der Waals surface area (Å²) in [5, 5.41) is -0.275. The molecule has 0 saturated carbocycles. The van der Waals surface area contributed by atoms with Crippen molar-refractivity contribution in [3.8, 4) is 5.75 Å². The van der Waals surface area contributed by atoms with Crippen LogP contribution in [0.25, 0.3) is 0 Å². The molecular weight excluding hydrogens is 233 g/mol. The van der Waals surface area contributed by atoms with Crippen molar-refractivity contribution < 1.29 is 13.5 Å². The van der Waals surface area contributed by atoms with E-state index >= 15 is 0 Å². The average molecular weight is 239 g/mol. The molecule has 0 amide bonds. The van der Waals surface area contributed by atoms with E-state index in [0.717, 1.165) is 0 Å². The minimum absolute atomic E-state index is 0.0709. The number of rotatable bonds is 3. The molecule has 0 atom stereocenters. The maximum Gasteiger partial charge on any atom is 0.202 e. The van der Waals surface area contributed by atoms with Gasteiger partial charge < -0.3 is 4.74 Å². The quantitative estimate of drug-likeness (QED) is 0.730. The van der Waals surface area contributed by atoms with Gasteiger partial charge >= 0.3 is 0 Å². The summed E-state index contributed by atoms with van der Waals surface area (Å²) in [5.74, 6) is -2.40. The second-order valence-electron chi connectivity index (χ2n) is 2.35. The zero-order valence-electron chi connectivity index (χ0n) is 6.94. The van der Waals surface area contributed by atoms with Crippen molar-refractivity contribution in [1.29, 1.82) is 0 Å². The fourth-order valence-electron chi connectivity index (χ4n) is 0.794. The molecule has 0 saturated heterocycles. The molecule has 0 N–H and O–H groups in total. The van der Waals surface area contributed by atoms with E-state index in [1.165, 1.54) is 23.7 Å². The summed E-state index contributed by atoms with van der Waals surface area (Å²) < 4.78 is 30.8. The second-order valence-corrected chi connectivity index (χ2v) is 3.01. The van der Waals surface area contributed by atoms with Gasteiger partial charge in [-0.2, -0.15) is 4.39 Å². The van der Waals surface area contributed by atoms with Crippen molar-refractivity contribution in [2.24, 2.45) is 0 Å². The van der Waals surface area contributed by atoms with Crippen LogP contribution in [-0.2, 0) is 0 Å². The minimum Gasteiger partial charge on any atom is -0.486 e. The highest BCUT2D eigenvalue weighted by Gasteiger charge is 2.12. The van der Waals surface area contributed by atoms with Crippen LogP contribution in [0.2, 0.25) is 5.02 Å². The molecule has 1 aromatic rings. The molecule has 1 rings (SSSR count). The highest BCUT2D eigenvalue weighted by atomic mass is 35.5. The van der Waals surface area contributed by atoms with Crippen molar-refractivity contribution in [3.05, 3.63) is 40.4 Å². The molecule has 0 aliphatic rings. The monoisotopic (exact) mass is 238 g/mol. The van der Waals surface area contributed by atoms with Crippen LogP contribution in [0.1, 0.15) is 0 Å². The van der Waals surface area contributed by atoms with E-state index in [-0.39, 0.29) is 17.4 Å². The van der Waals surface area contributed by atoms with Crippen molar-refractivity contribution in [3.63, 3.8) is 0 Å². The number of hydrogen-bond acceptors (Lipinski definition) is 1. The van der Waals surface area contributed by atoms with Crippen molar-refractivity contribution >= 4 is 23.2 Å². The number of ether oxygens (including phenoxy) is 1. The van der Waals surface area contributed by atoms with Crippen LogP contribution in [-0.4, -0.2) is 6.61 Å². The lowest BCUT2D eigenvalue weighted by atomic mass is 10.3. The van der Waals surface area contributed by atoms with Crippen LogP contribution in [0.15, 0.2) is 23.7 Å². The number of hydrogen-bond donors (Lipinski definition) is 0. The number of benzene rings is 1. The Kier molecular flexibility index (Phi) is 4.17. The van der Waals surface area contributed by atoms with Crippen LogP contribution in [0.5, 0.6) is 5.75 Å². The summed E-state index contributed by atoms with van der Waals surface area (Å²) in [7, 11) is 0. The summed E-state index contributed by atoms with van der Waals surface area (Å²) in [5.41, 5.74) is 1.23. The van der Waals surface area contributed by atoms with E-state index < -0.39 is 11.6 Å². The lowest BCUT2D eigenvalue weighted by Crippen LogP contribution is -1.98. The van der Waals surface area contributed by atoms with Gasteiger partial charge in [-0.25, -0.2) is 4.39 Å². The van der Waals surface area contributed by atoms with E-state index in [2.05, 4.69) is 0 Å². The lowest BCUT2D eigenvalue weighted by molar-refractivity contribution is 0.332. The van der Waals surface area contributed by atoms with E-state index in [1.54, 1.807) is 0 Å². The van der Waals surface area contributed by atoms with Crippen LogP contribution in [0, 0.1) is 11.6 Å². The fourth-order valence-corrected chi connectivity index (χ4v) is 1.01.